The fraction of sp³-hybridized carbons (Fsp3) is 0.0667. The summed E-state index contributed by atoms with van der Waals surface area (Å²) in [5.74, 6) is -0.0110. The van der Waals surface area contributed by atoms with Gasteiger partial charge in [0.05, 0.1) is 21.3 Å². The SMILES string of the molecule is Nc1nc(N)n(-c2cc(Cl)c(-c3cccc(C(F)(F)F)c3)c(Cl)c2)n1. The fourth-order valence-corrected chi connectivity index (χ4v) is 3.03. The summed E-state index contributed by atoms with van der Waals surface area (Å²) in [5.41, 5.74) is 11.3. The van der Waals surface area contributed by atoms with Gasteiger partial charge >= 0.3 is 6.18 Å². The van der Waals surface area contributed by atoms with Crippen LogP contribution < -0.4 is 11.5 Å². The minimum Gasteiger partial charge on any atom is -0.368 e. The van der Waals surface area contributed by atoms with Crippen LogP contribution in [-0.4, -0.2) is 14.8 Å². The van der Waals surface area contributed by atoms with Crippen molar-refractivity contribution in [1.82, 2.24) is 14.8 Å². The second-order valence-electron chi connectivity index (χ2n) is 5.10. The molecule has 0 amide bonds. The van der Waals surface area contributed by atoms with Crippen LogP contribution in [0.5, 0.6) is 0 Å². The normalized spacial score (nSPS) is 11.7. The molecule has 0 saturated heterocycles. The first-order valence-electron chi connectivity index (χ1n) is 6.82. The summed E-state index contributed by atoms with van der Waals surface area (Å²) in [6.45, 7) is 0. The zero-order chi connectivity index (χ0) is 18.4. The van der Waals surface area contributed by atoms with Gasteiger partial charge in [0.15, 0.2) is 0 Å². The van der Waals surface area contributed by atoms with Crippen molar-refractivity contribution >= 4 is 35.1 Å². The van der Waals surface area contributed by atoms with Crippen LogP contribution in [0.4, 0.5) is 25.1 Å². The van der Waals surface area contributed by atoms with Gasteiger partial charge < -0.3 is 11.5 Å². The maximum Gasteiger partial charge on any atom is 0.416 e. The molecule has 0 saturated carbocycles. The van der Waals surface area contributed by atoms with Crippen LogP contribution in [-0.2, 0) is 6.18 Å². The Morgan fingerprint density at radius 1 is 1.00 bits per heavy atom. The number of nitrogens with zero attached hydrogens (tertiary/aromatic N) is 3. The quantitative estimate of drug-likeness (QED) is 0.681. The van der Waals surface area contributed by atoms with E-state index >= 15 is 0 Å². The van der Waals surface area contributed by atoms with E-state index in [0.717, 1.165) is 12.1 Å². The van der Waals surface area contributed by atoms with Crippen LogP contribution in [0.3, 0.4) is 0 Å². The molecule has 0 aliphatic rings. The molecule has 1 aromatic heterocycles. The molecule has 10 heteroatoms. The fourth-order valence-electron chi connectivity index (χ4n) is 2.34. The molecule has 0 fully saturated rings. The average molecular weight is 388 g/mol. The van der Waals surface area contributed by atoms with Crippen molar-refractivity contribution < 1.29 is 13.2 Å². The summed E-state index contributed by atoms with van der Waals surface area (Å²) in [6.07, 6.45) is -4.47. The molecule has 0 unspecified atom stereocenters. The predicted octanol–water partition coefficient (Wildman–Crippen LogP) is 4.42. The Labute approximate surface area is 150 Å². The summed E-state index contributed by atoms with van der Waals surface area (Å²) in [4.78, 5) is 3.76. The third kappa shape index (κ3) is 3.35. The van der Waals surface area contributed by atoms with Crippen molar-refractivity contribution in [2.45, 2.75) is 6.18 Å². The number of nitrogens with two attached hydrogens (primary N) is 2. The lowest BCUT2D eigenvalue weighted by molar-refractivity contribution is -0.137. The summed E-state index contributed by atoms with van der Waals surface area (Å²) >= 11 is 12.5. The van der Waals surface area contributed by atoms with E-state index in [1.165, 1.54) is 28.9 Å². The number of halogens is 5. The van der Waals surface area contributed by atoms with E-state index in [1.54, 1.807) is 0 Å². The lowest BCUT2D eigenvalue weighted by Gasteiger charge is -2.13. The Bertz CT molecular complexity index is 930. The highest BCUT2D eigenvalue weighted by molar-refractivity contribution is 6.39. The molecule has 0 aliphatic carbocycles. The van der Waals surface area contributed by atoms with Crippen molar-refractivity contribution in [2.75, 3.05) is 11.5 Å². The van der Waals surface area contributed by atoms with Gasteiger partial charge in [-0.15, -0.1) is 5.10 Å². The Morgan fingerprint density at radius 3 is 2.16 bits per heavy atom. The van der Waals surface area contributed by atoms with Crippen LogP contribution in [0.25, 0.3) is 16.8 Å². The van der Waals surface area contributed by atoms with E-state index in [9.17, 15) is 13.2 Å². The van der Waals surface area contributed by atoms with E-state index < -0.39 is 11.7 Å². The minimum absolute atomic E-state index is 0.0245. The lowest BCUT2D eigenvalue weighted by atomic mass is 10.0. The van der Waals surface area contributed by atoms with Crippen LogP contribution in [0, 0.1) is 0 Å². The minimum atomic E-state index is -4.47. The molecule has 5 nitrogen and oxygen atoms in total. The van der Waals surface area contributed by atoms with Crippen molar-refractivity contribution in [3.63, 3.8) is 0 Å². The second-order valence-corrected chi connectivity index (χ2v) is 5.92. The largest absolute Gasteiger partial charge is 0.416 e. The molecule has 0 aliphatic heterocycles. The number of hydrogen-bond donors (Lipinski definition) is 2. The zero-order valence-electron chi connectivity index (χ0n) is 12.4. The zero-order valence-corrected chi connectivity index (χ0v) is 13.9. The highest BCUT2D eigenvalue weighted by Crippen LogP contribution is 2.39. The highest BCUT2D eigenvalue weighted by Gasteiger charge is 2.30. The second kappa shape index (κ2) is 6.12. The maximum absolute atomic E-state index is 12.9. The van der Waals surface area contributed by atoms with E-state index in [1.807, 2.05) is 0 Å². The number of aromatic nitrogens is 3. The molecule has 0 radical (unpaired) electrons. The predicted molar refractivity (Wildman–Crippen MR) is 90.6 cm³/mol. The first kappa shape index (κ1) is 17.4. The summed E-state index contributed by atoms with van der Waals surface area (Å²) in [7, 11) is 0. The van der Waals surface area contributed by atoms with E-state index in [0.29, 0.717) is 5.69 Å². The van der Waals surface area contributed by atoms with Gasteiger partial charge in [-0.05, 0) is 29.8 Å². The molecule has 3 aromatic rings. The van der Waals surface area contributed by atoms with Crippen molar-refractivity contribution in [3.8, 4) is 16.8 Å². The third-order valence-corrected chi connectivity index (χ3v) is 3.99. The van der Waals surface area contributed by atoms with Gasteiger partial charge in [-0.3, -0.25) is 0 Å². The van der Waals surface area contributed by atoms with Crippen LogP contribution in [0.2, 0.25) is 10.0 Å². The van der Waals surface area contributed by atoms with E-state index in [2.05, 4.69) is 10.1 Å². The molecular weight excluding hydrogens is 378 g/mol. The first-order chi connectivity index (χ1) is 11.7. The third-order valence-electron chi connectivity index (χ3n) is 3.40. The number of anilines is 2. The van der Waals surface area contributed by atoms with Crippen LogP contribution >= 0.6 is 23.2 Å². The molecule has 3 rings (SSSR count). The number of alkyl halides is 3. The van der Waals surface area contributed by atoms with Crippen molar-refractivity contribution in [3.05, 3.63) is 52.0 Å². The summed E-state index contributed by atoms with van der Waals surface area (Å²) in [5, 5.41) is 4.17. The number of hydrogen-bond acceptors (Lipinski definition) is 4. The summed E-state index contributed by atoms with van der Waals surface area (Å²) in [6, 6.07) is 7.66. The van der Waals surface area contributed by atoms with E-state index in [4.69, 9.17) is 34.7 Å². The molecule has 130 valence electrons. The highest BCUT2D eigenvalue weighted by atomic mass is 35.5. The van der Waals surface area contributed by atoms with Gasteiger partial charge in [0.2, 0.25) is 11.9 Å². The molecule has 2 aromatic carbocycles. The van der Waals surface area contributed by atoms with Gasteiger partial charge in [-0.25, -0.2) is 0 Å². The molecular formula is C15H10Cl2F3N5. The van der Waals surface area contributed by atoms with Gasteiger partial charge in [0, 0.05) is 5.56 Å². The number of nitrogen functional groups attached to an aromatic ring is 2. The number of rotatable bonds is 2. The topological polar surface area (TPSA) is 82.7 Å². The average Bonchev–Trinajstić information content (AvgIpc) is 2.84. The van der Waals surface area contributed by atoms with Crippen molar-refractivity contribution in [1.29, 1.82) is 0 Å². The molecule has 0 atom stereocenters. The van der Waals surface area contributed by atoms with E-state index in [-0.39, 0.29) is 33.1 Å². The van der Waals surface area contributed by atoms with Crippen molar-refractivity contribution in [2.24, 2.45) is 0 Å². The number of benzene rings is 2. The van der Waals surface area contributed by atoms with Gasteiger partial charge in [0.25, 0.3) is 0 Å². The first-order valence-corrected chi connectivity index (χ1v) is 7.57. The van der Waals surface area contributed by atoms with Gasteiger partial charge in [-0.2, -0.15) is 22.8 Å². The van der Waals surface area contributed by atoms with Gasteiger partial charge in [0.1, 0.15) is 0 Å². The van der Waals surface area contributed by atoms with Gasteiger partial charge in [-0.1, -0.05) is 35.3 Å². The Balaban J connectivity index is 2.12. The van der Waals surface area contributed by atoms with Crippen LogP contribution in [0.15, 0.2) is 36.4 Å². The Kier molecular flexibility index (Phi) is 4.26. The monoisotopic (exact) mass is 387 g/mol. The Morgan fingerprint density at radius 2 is 1.64 bits per heavy atom. The molecule has 25 heavy (non-hydrogen) atoms. The van der Waals surface area contributed by atoms with Crippen LogP contribution in [0.1, 0.15) is 5.56 Å². The standard InChI is InChI=1S/C15H10Cl2F3N5/c16-10-5-9(25-14(22)23-13(21)24-25)6-11(17)12(10)7-2-1-3-8(4-7)15(18,19)20/h1-6H,(H4,21,22,23,24). The molecule has 4 N–H and O–H groups in total. The Hall–Kier alpha value is -2.45. The lowest BCUT2D eigenvalue weighted by Crippen LogP contribution is -2.05. The maximum atomic E-state index is 12.9. The summed E-state index contributed by atoms with van der Waals surface area (Å²) < 4.78 is 39.9. The molecule has 0 bridgehead atoms. The molecule has 1 heterocycles. The molecule has 0 spiro atoms. The smallest absolute Gasteiger partial charge is 0.368 e.